The molecule has 0 fully saturated rings. The Balaban J connectivity index is 1.77. The Kier molecular flexibility index (Phi) is 6.81. The number of urea groups is 1. The number of carbonyl (C=O) groups excluding carboxylic acids is 2. The Hall–Kier alpha value is -3.26. The number of anilines is 1. The minimum atomic E-state index is -0.547. The number of phenols is 1. The van der Waals surface area contributed by atoms with E-state index in [1.54, 1.807) is 36.4 Å². The first kappa shape index (κ1) is 19.1. The quantitative estimate of drug-likeness (QED) is 0.458. The zero-order chi connectivity index (χ0) is 18.9. The summed E-state index contributed by atoms with van der Waals surface area (Å²) in [5.41, 5.74) is 3.40. The standard InChI is InChI=1S/C17H17ClN4O4/c1-26-15-7-11(5-6-14(15)23)9-20-22-16(24)10-19-17(25)21-13-4-2-3-12(18)8-13/h2-9,23H,10H2,1H3,(H,22,24)(H2,19,21,25)/b20-9-. The van der Waals surface area contributed by atoms with Gasteiger partial charge in [0.2, 0.25) is 0 Å². The van der Waals surface area contributed by atoms with Gasteiger partial charge in [0.15, 0.2) is 11.5 Å². The van der Waals surface area contributed by atoms with Crippen LogP contribution in [0.2, 0.25) is 5.02 Å². The van der Waals surface area contributed by atoms with Crippen molar-refractivity contribution < 1.29 is 19.4 Å². The lowest BCUT2D eigenvalue weighted by molar-refractivity contribution is -0.120. The number of hydrogen-bond acceptors (Lipinski definition) is 5. The molecule has 0 bridgehead atoms. The van der Waals surface area contributed by atoms with Crippen LogP contribution >= 0.6 is 11.6 Å². The fraction of sp³-hybridized carbons (Fsp3) is 0.118. The lowest BCUT2D eigenvalue weighted by Gasteiger charge is -2.07. The van der Waals surface area contributed by atoms with Gasteiger partial charge in [0.25, 0.3) is 5.91 Å². The molecule has 0 radical (unpaired) electrons. The number of phenolic OH excluding ortho intramolecular Hbond substituents is 1. The highest BCUT2D eigenvalue weighted by Gasteiger charge is 2.05. The van der Waals surface area contributed by atoms with Crippen LogP contribution in [0.5, 0.6) is 11.5 Å². The van der Waals surface area contributed by atoms with Gasteiger partial charge in [-0.15, -0.1) is 0 Å². The van der Waals surface area contributed by atoms with Crippen molar-refractivity contribution in [3.63, 3.8) is 0 Å². The first-order chi connectivity index (χ1) is 12.5. The van der Waals surface area contributed by atoms with E-state index in [2.05, 4.69) is 21.2 Å². The number of rotatable bonds is 6. The van der Waals surface area contributed by atoms with Crippen LogP contribution in [0.4, 0.5) is 10.5 Å². The number of ether oxygens (including phenoxy) is 1. The van der Waals surface area contributed by atoms with E-state index in [1.807, 2.05) is 0 Å². The van der Waals surface area contributed by atoms with Crippen molar-refractivity contribution in [3.8, 4) is 11.5 Å². The van der Waals surface area contributed by atoms with Gasteiger partial charge in [0.1, 0.15) is 6.54 Å². The Morgan fingerprint density at radius 1 is 1.27 bits per heavy atom. The molecule has 0 saturated heterocycles. The Bertz CT molecular complexity index is 826. The maximum absolute atomic E-state index is 11.7. The third-order valence-electron chi connectivity index (χ3n) is 3.10. The fourth-order valence-electron chi connectivity index (χ4n) is 1.89. The summed E-state index contributed by atoms with van der Waals surface area (Å²) in [6.45, 7) is -0.261. The Labute approximate surface area is 154 Å². The Morgan fingerprint density at radius 3 is 2.81 bits per heavy atom. The van der Waals surface area contributed by atoms with Crippen LogP contribution < -0.4 is 20.8 Å². The highest BCUT2D eigenvalue weighted by atomic mass is 35.5. The first-order valence-electron chi connectivity index (χ1n) is 7.47. The van der Waals surface area contributed by atoms with E-state index in [1.165, 1.54) is 19.4 Å². The van der Waals surface area contributed by atoms with Gasteiger partial charge in [0.05, 0.1) is 13.3 Å². The highest BCUT2D eigenvalue weighted by molar-refractivity contribution is 6.30. The molecule has 2 aromatic carbocycles. The summed E-state index contributed by atoms with van der Waals surface area (Å²) in [6.07, 6.45) is 1.38. The smallest absolute Gasteiger partial charge is 0.319 e. The van der Waals surface area contributed by atoms with Crippen LogP contribution in [0.15, 0.2) is 47.6 Å². The lowest BCUT2D eigenvalue weighted by atomic mass is 10.2. The molecule has 0 saturated carbocycles. The summed E-state index contributed by atoms with van der Waals surface area (Å²) in [6, 6.07) is 10.7. The highest BCUT2D eigenvalue weighted by Crippen LogP contribution is 2.25. The van der Waals surface area contributed by atoms with Crippen molar-refractivity contribution in [1.29, 1.82) is 0 Å². The number of carbonyl (C=O) groups is 2. The molecule has 3 amide bonds. The van der Waals surface area contributed by atoms with Crippen molar-refractivity contribution in [2.24, 2.45) is 5.10 Å². The zero-order valence-corrected chi connectivity index (χ0v) is 14.6. The predicted octanol–water partition coefficient (Wildman–Crippen LogP) is 2.33. The number of aromatic hydroxyl groups is 1. The average Bonchev–Trinajstić information content (AvgIpc) is 2.61. The van der Waals surface area contributed by atoms with Gasteiger partial charge in [-0.3, -0.25) is 4.79 Å². The largest absolute Gasteiger partial charge is 0.504 e. The minimum Gasteiger partial charge on any atom is -0.504 e. The minimum absolute atomic E-state index is 0.00333. The molecule has 2 aromatic rings. The zero-order valence-electron chi connectivity index (χ0n) is 13.8. The number of hydrogen-bond donors (Lipinski definition) is 4. The predicted molar refractivity (Wildman–Crippen MR) is 98.9 cm³/mol. The summed E-state index contributed by atoms with van der Waals surface area (Å²) in [5, 5.41) is 18.7. The molecule has 0 aromatic heterocycles. The van der Waals surface area contributed by atoms with E-state index in [4.69, 9.17) is 16.3 Å². The fourth-order valence-corrected chi connectivity index (χ4v) is 2.09. The Morgan fingerprint density at radius 2 is 2.08 bits per heavy atom. The van der Waals surface area contributed by atoms with Gasteiger partial charge >= 0.3 is 6.03 Å². The number of hydrazone groups is 1. The molecule has 0 spiro atoms. The van der Waals surface area contributed by atoms with E-state index < -0.39 is 11.9 Å². The molecule has 136 valence electrons. The molecule has 2 rings (SSSR count). The molecule has 0 aliphatic carbocycles. The molecule has 0 atom stereocenters. The summed E-state index contributed by atoms with van der Waals surface area (Å²) >= 11 is 5.82. The van der Waals surface area contributed by atoms with Crippen LogP contribution in [0, 0.1) is 0 Å². The van der Waals surface area contributed by atoms with Crippen molar-refractivity contribution in [3.05, 3.63) is 53.1 Å². The molecule has 0 aliphatic heterocycles. The molecular formula is C17H17ClN4O4. The van der Waals surface area contributed by atoms with Gasteiger partial charge in [0, 0.05) is 10.7 Å². The van der Waals surface area contributed by atoms with Crippen LogP contribution in [0.1, 0.15) is 5.56 Å². The third-order valence-corrected chi connectivity index (χ3v) is 3.33. The second kappa shape index (κ2) is 9.28. The summed E-state index contributed by atoms with van der Waals surface area (Å²) in [5.74, 6) is -0.212. The molecule has 26 heavy (non-hydrogen) atoms. The second-order valence-corrected chi connectivity index (χ2v) is 5.48. The summed E-state index contributed by atoms with van der Waals surface area (Å²) in [4.78, 5) is 23.4. The number of halogens is 1. The number of nitrogens with zero attached hydrogens (tertiary/aromatic N) is 1. The number of benzene rings is 2. The normalized spacial score (nSPS) is 10.4. The summed E-state index contributed by atoms with van der Waals surface area (Å²) < 4.78 is 4.97. The van der Waals surface area contributed by atoms with Gasteiger partial charge in [-0.1, -0.05) is 17.7 Å². The molecule has 0 heterocycles. The van der Waals surface area contributed by atoms with E-state index in [-0.39, 0.29) is 12.3 Å². The maximum atomic E-state index is 11.7. The van der Waals surface area contributed by atoms with Gasteiger partial charge in [-0.2, -0.15) is 5.10 Å². The van der Waals surface area contributed by atoms with Crippen LogP contribution in [-0.4, -0.2) is 36.9 Å². The van der Waals surface area contributed by atoms with Crippen LogP contribution in [0.25, 0.3) is 0 Å². The van der Waals surface area contributed by atoms with Crippen molar-refractivity contribution in [2.45, 2.75) is 0 Å². The number of nitrogens with one attached hydrogen (secondary N) is 3. The van der Waals surface area contributed by atoms with Crippen molar-refractivity contribution >= 4 is 35.4 Å². The van der Waals surface area contributed by atoms with Crippen LogP contribution in [-0.2, 0) is 4.79 Å². The van der Waals surface area contributed by atoms with Gasteiger partial charge in [-0.05, 0) is 42.0 Å². The third kappa shape index (κ3) is 5.99. The lowest BCUT2D eigenvalue weighted by Crippen LogP contribution is -2.37. The van der Waals surface area contributed by atoms with Crippen molar-refractivity contribution in [2.75, 3.05) is 19.0 Å². The van der Waals surface area contributed by atoms with Crippen molar-refractivity contribution in [1.82, 2.24) is 10.7 Å². The molecule has 0 aliphatic rings. The topological polar surface area (TPSA) is 112 Å². The van der Waals surface area contributed by atoms with E-state index in [9.17, 15) is 14.7 Å². The van der Waals surface area contributed by atoms with Gasteiger partial charge < -0.3 is 20.5 Å². The molecule has 8 nitrogen and oxygen atoms in total. The monoisotopic (exact) mass is 376 g/mol. The average molecular weight is 377 g/mol. The SMILES string of the molecule is COc1cc(/C=N\NC(=O)CNC(=O)Nc2cccc(Cl)c2)ccc1O. The number of amides is 3. The van der Waals surface area contributed by atoms with Crippen LogP contribution in [0.3, 0.4) is 0 Å². The van der Waals surface area contributed by atoms with E-state index >= 15 is 0 Å². The molecule has 4 N–H and O–H groups in total. The van der Waals surface area contributed by atoms with Gasteiger partial charge in [-0.25, -0.2) is 10.2 Å². The van der Waals surface area contributed by atoms with E-state index in [0.717, 1.165) is 0 Å². The molecule has 9 heteroatoms. The first-order valence-corrected chi connectivity index (χ1v) is 7.85. The second-order valence-electron chi connectivity index (χ2n) is 5.04. The molecule has 0 unspecified atom stereocenters. The van der Waals surface area contributed by atoms with E-state index in [0.29, 0.717) is 22.0 Å². The molecular weight excluding hydrogens is 360 g/mol. The summed E-state index contributed by atoms with van der Waals surface area (Å²) in [7, 11) is 1.43. The maximum Gasteiger partial charge on any atom is 0.319 e. The number of methoxy groups -OCH3 is 1.